The van der Waals surface area contributed by atoms with Gasteiger partial charge in [-0.2, -0.15) is 0 Å². The number of aryl methyl sites for hydroxylation is 1. The van der Waals surface area contributed by atoms with E-state index in [-0.39, 0.29) is 24.3 Å². The van der Waals surface area contributed by atoms with Crippen molar-refractivity contribution in [2.45, 2.75) is 26.7 Å². The molecule has 2 aromatic carbocycles. The molecule has 0 bridgehead atoms. The highest BCUT2D eigenvalue weighted by Gasteiger charge is 2.23. The lowest BCUT2D eigenvalue weighted by molar-refractivity contribution is -0.114. The number of nitrogens with one attached hydrogen (secondary N) is 3. The number of hydrogen-bond acceptors (Lipinski definition) is 4. The van der Waals surface area contributed by atoms with Crippen molar-refractivity contribution in [3.8, 4) is 0 Å². The van der Waals surface area contributed by atoms with Crippen LogP contribution in [0.15, 0.2) is 42.5 Å². The molecule has 7 heteroatoms. The summed E-state index contributed by atoms with van der Waals surface area (Å²) in [6, 6.07) is 12.4. The second-order valence-electron chi connectivity index (χ2n) is 7.34. The minimum absolute atomic E-state index is 0.00291. The lowest BCUT2D eigenvalue weighted by Crippen LogP contribution is -2.30. The Morgan fingerprint density at radius 2 is 1.77 bits per heavy atom. The van der Waals surface area contributed by atoms with Crippen LogP contribution in [0.2, 0.25) is 0 Å². The second kappa shape index (κ2) is 9.91. The van der Waals surface area contributed by atoms with Crippen LogP contribution in [0.3, 0.4) is 0 Å². The minimum atomic E-state index is -0.260. The van der Waals surface area contributed by atoms with Gasteiger partial charge in [0.2, 0.25) is 5.91 Å². The van der Waals surface area contributed by atoms with Gasteiger partial charge in [0.1, 0.15) is 0 Å². The van der Waals surface area contributed by atoms with E-state index in [4.69, 9.17) is 0 Å². The van der Waals surface area contributed by atoms with Gasteiger partial charge in [0.25, 0.3) is 11.8 Å². The first-order valence-electron chi connectivity index (χ1n) is 10.3. The second-order valence-corrected chi connectivity index (χ2v) is 7.34. The molecular formula is C23H28N4O3. The molecule has 1 aliphatic rings. The van der Waals surface area contributed by atoms with Gasteiger partial charge in [-0.1, -0.05) is 18.2 Å². The number of rotatable bonds is 7. The SMILES string of the molecule is CCNC(=O)c1cccc(NC(=O)CNc2cccc(C)c2C(=O)N2CCCC2)c1. The summed E-state index contributed by atoms with van der Waals surface area (Å²) in [5.74, 6) is -0.441. The quantitative estimate of drug-likeness (QED) is 0.657. The number of amides is 3. The Balaban J connectivity index is 1.65. The molecule has 0 radical (unpaired) electrons. The molecule has 30 heavy (non-hydrogen) atoms. The van der Waals surface area contributed by atoms with Crippen molar-refractivity contribution in [3.63, 3.8) is 0 Å². The molecule has 3 N–H and O–H groups in total. The lowest BCUT2D eigenvalue weighted by atomic mass is 10.0. The average molecular weight is 409 g/mol. The highest BCUT2D eigenvalue weighted by Crippen LogP contribution is 2.23. The van der Waals surface area contributed by atoms with Crippen LogP contribution >= 0.6 is 0 Å². The Kier molecular flexibility index (Phi) is 7.06. The van der Waals surface area contributed by atoms with Crippen LogP contribution in [0, 0.1) is 6.92 Å². The van der Waals surface area contributed by atoms with Crippen LogP contribution in [0.4, 0.5) is 11.4 Å². The summed E-state index contributed by atoms with van der Waals surface area (Å²) in [7, 11) is 0. The average Bonchev–Trinajstić information content (AvgIpc) is 3.27. The summed E-state index contributed by atoms with van der Waals surface area (Å²) in [5.41, 5.74) is 3.18. The van der Waals surface area contributed by atoms with E-state index in [2.05, 4.69) is 16.0 Å². The number of carbonyl (C=O) groups excluding carboxylic acids is 3. The topological polar surface area (TPSA) is 90.5 Å². The predicted molar refractivity (Wildman–Crippen MR) is 118 cm³/mol. The monoisotopic (exact) mass is 408 g/mol. The molecule has 3 rings (SSSR count). The fraction of sp³-hybridized carbons (Fsp3) is 0.348. The van der Waals surface area contributed by atoms with Crippen LogP contribution in [-0.2, 0) is 4.79 Å². The number of benzene rings is 2. The van der Waals surface area contributed by atoms with Crippen molar-refractivity contribution in [1.29, 1.82) is 0 Å². The molecule has 158 valence electrons. The molecule has 0 saturated carbocycles. The van der Waals surface area contributed by atoms with Crippen molar-refractivity contribution in [3.05, 3.63) is 59.2 Å². The zero-order valence-corrected chi connectivity index (χ0v) is 17.5. The summed E-state index contributed by atoms with van der Waals surface area (Å²) in [5, 5.41) is 8.62. The minimum Gasteiger partial charge on any atom is -0.375 e. The molecule has 0 aliphatic carbocycles. The summed E-state index contributed by atoms with van der Waals surface area (Å²) in [6.07, 6.45) is 2.05. The van der Waals surface area contributed by atoms with E-state index < -0.39 is 0 Å². The maximum atomic E-state index is 12.9. The van der Waals surface area contributed by atoms with Gasteiger partial charge in [0, 0.05) is 36.6 Å². The number of carbonyl (C=O) groups is 3. The van der Waals surface area contributed by atoms with E-state index in [9.17, 15) is 14.4 Å². The van der Waals surface area contributed by atoms with Gasteiger partial charge < -0.3 is 20.9 Å². The Morgan fingerprint density at radius 3 is 2.50 bits per heavy atom. The van der Waals surface area contributed by atoms with E-state index in [1.54, 1.807) is 24.3 Å². The predicted octanol–water partition coefficient (Wildman–Crippen LogP) is 3.03. The third-order valence-corrected chi connectivity index (χ3v) is 5.07. The van der Waals surface area contributed by atoms with Gasteiger partial charge in [-0.05, 0) is 56.5 Å². The van der Waals surface area contributed by atoms with Crippen LogP contribution < -0.4 is 16.0 Å². The lowest BCUT2D eigenvalue weighted by Gasteiger charge is -2.20. The van der Waals surface area contributed by atoms with Gasteiger partial charge in [0.15, 0.2) is 0 Å². The normalized spacial score (nSPS) is 13.1. The number of hydrogen-bond donors (Lipinski definition) is 3. The first-order chi connectivity index (χ1) is 14.5. The van der Waals surface area contributed by atoms with Gasteiger partial charge in [-0.15, -0.1) is 0 Å². The van der Waals surface area contributed by atoms with Crippen LogP contribution in [-0.4, -0.2) is 48.8 Å². The molecule has 1 aliphatic heterocycles. The fourth-order valence-corrected chi connectivity index (χ4v) is 3.56. The molecule has 1 saturated heterocycles. The maximum absolute atomic E-state index is 12.9. The van der Waals surface area contributed by atoms with E-state index >= 15 is 0 Å². The third kappa shape index (κ3) is 5.17. The van der Waals surface area contributed by atoms with Crippen molar-refractivity contribution in [1.82, 2.24) is 10.2 Å². The van der Waals surface area contributed by atoms with Crippen LogP contribution in [0.5, 0.6) is 0 Å². The van der Waals surface area contributed by atoms with Crippen LogP contribution in [0.25, 0.3) is 0 Å². The number of anilines is 2. The molecule has 0 spiro atoms. The highest BCUT2D eigenvalue weighted by atomic mass is 16.2. The Bertz CT molecular complexity index is 936. The van der Waals surface area contributed by atoms with Gasteiger partial charge in [0.05, 0.1) is 12.1 Å². The summed E-state index contributed by atoms with van der Waals surface area (Å²) in [6.45, 7) is 5.85. The maximum Gasteiger partial charge on any atom is 0.256 e. The third-order valence-electron chi connectivity index (χ3n) is 5.07. The molecule has 1 heterocycles. The fourth-order valence-electron chi connectivity index (χ4n) is 3.56. The molecule has 0 unspecified atom stereocenters. The number of nitrogens with zero attached hydrogens (tertiary/aromatic N) is 1. The molecule has 2 aromatic rings. The van der Waals surface area contributed by atoms with Crippen molar-refractivity contribution in [2.75, 3.05) is 36.8 Å². The van der Waals surface area contributed by atoms with E-state index in [0.717, 1.165) is 31.5 Å². The Morgan fingerprint density at radius 1 is 1.03 bits per heavy atom. The first-order valence-corrected chi connectivity index (χ1v) is 10.3. The van der Waals surface area contributed by atoms with Gasteiger partial charge in [-0.3, -0.25) is 14.4 Å². The number of likely N-dealkylation sites (tertiary alicyclic amines) is 1. The molecule has 3 amide bonds. The van der Waals surface area contributed by atoms with E-state index in [1.807, 2.05) is 36.9 Å². The summed E-state index contributed by atoms with van der Waals surface area (Å²) in [4.78, 5) is 39.2. The van der Waals surface area contributed by atoms with E-state index in [1.165, 1.54) is 0 Å². The molecule has 0 atom stereocenters. The van der Waals surface area contributed by atoms with Crippen molar-refractivity contribution < 1.29 is 14.4 Å². The zero-order chi connectivity index (χ0) is 21.5. The first kappa shape index (κ1) is 21.4. The summed E-state index contributed by atoms with van der Waals surface area (Å²) >= 11 is 0. The summed E-state index contributed by atoms with van der Waals surface area (Å²) < 4.78 is 0. The molecule has 0 aromatic heterocycles. The molecular weight excluding hydrogens is 380 g/mol. The largest absolute Gasteiger partial charge is 0.375 e. The Labute approximate surface area is 176 Å². The standard InChI is InChI=1S/C23H28N4O3/c1-3-24-22(29)17-9-7-10-18(14-17)26-20(28)15-25-19-11-6-8-16(2)21(19)23(30)27-12-4-5-13-27/h6-11,14,25H,3-5,12-13,15H2,1-2H3,(H,24,29)(H,26,28). The van der Waals surface area contributed by atoms with Gasteiger partial charge >= 0.3 is 0 Å². The highest BCUT2D eigenvalue weighted by molar-refractivity contribution is 6.02. The Hall–Kier alpha value is -3.35. The molecule has 1 fully saturated rings. The smallest absolute Gasteiger partial charge is 0.256 e. The molecule has 7 nitrogen and oxygen atoms in total. The van der Waals surface area contributed by atoms with Crippen LogP contribution in [0.1, 0.15) is 46.0 Å². The van der Waals surface area contributed by atoms with E-state index in [0.29, 0.717) is 29.0 Å². The van der Waals surface area contributed by atoms with Crippen molar-refractivity contribution >= 4 is 29.1 Å². The van der Waals surface area contributed by atoms with Gasteiger partial charge in [-0.25, -0.2) is 0 Å². The van der Waals surface area contributed by atoms with Crippen molar-refractivity contribution in [2.24, 2.45) is 0 Å². The zero-order valence-electron chi connectivity index (χ0n) is 17.5.